The fourth-order valence-electron chi connectivity index (χ4n) is 2.91. The minimum Gasteiger partial charge on any atom is -0.380 e. The molecule has 1 N–H and O–H groups in total. The van der Waals surface area contributed by atoms with E-state index in [-0.39, 0.29) is 5.60 Å². The highest BCUT2D eigenvalue weighted by molar-refractivity contribution is 4.90. The predicted octanol–water partition coefficient (Wildman–Crippen LogP) is 2.10. The highest BCUT2D eigenvalue weighted by Gasteiger charge is 2.35. The summed E-state index contributed by atoms with van der Waals surface area (Å²) in [5.74, 6) is 0. The molecule has 2 rings (SSSR count). The summed E-state index contributed by atoms with van der Waals surface area (Å²) in [7, 11) is 0. The van der Waals surface area contributed by atoms with Crippen molar-refractivity contribution in [3.05, 3.63) is 0 Å². The largest absolute Gasteiger partial charge is 0.380 e. The first kappa shape index (κ1) is 12.3. The quantitative estimate of drug-likeness (QED) is 0.798. The molecule has 0 amide bonds. The zero-order valence-electron chi connectivity index (χ0n) is 10.6. The van der Waals surface area contributed by atoms with Gasteiger partial charge >= 0.3 is 0 Å². The molecule has 94 valence electrons. The minimum absolute atomic E-state index is 0.134. The highest BCUT2D eigenvalue weighted by Crippen LogP contribution is 2.31. The maximum absolute atomic E-state index is 5.99. The van der Waals surface area contributed by atoms with Gasteiger partial charge in [0.15, 0.2) is 0 Å². The average molecular weight is 227 g/mol. The van der Waals surface area contributed by atoms with Crippen LogP contribution in [0.15, 0.2) is 0 Å². The van der Waals surface area contributed by atoms with E-state index in [0.717, 1.165) is 45.5 Å². The van der Waals surface area contributed by atoms with E-state index in [9.17, 15) is 0 Å². The van der Waals surface area contributed by atoms with Gasteiger partial charge in [0.2, 0.25) is 0 Å². The third-order valence-electron chi connectivity index (χ3n) is 4.18. The van der Waals surface area contributed by atoms with Crippen LogP contribution in [0.2, 0.25) is 0 Å². The van der Waals surface area contributed by atoms with Gasteiger partial charge in [0.05, 0.1) is 12.2 Å². The SMILES string of the molecule is CCC1(CC)CC(NC2CCOC2)CCO1. The van der Waals surface area contributed by atoms with Gasteiger partial charge in [-0.3, -0.25) is 0 Å². The van der Waals surface area contributed by atoms with Gasteiger partial charge in [-0.25, -0.2) is 0 Å². The van der Waals surface area contributed by atoms with E-state index in [1.807, 2.05) is 0 Å². The molecule has 3 heteroatoms. The number of rotatable bonds is 4. The van der Waals surface area contributed by atoms with Crippen LogP contribution in [0.5, 0.6) is 0 Å². The van der Waals surface area contributed by atoms with Crippen LogP contribution in [0.1, 0.15) is 46.0 Å². The zero-order chi connectivity index (χ0) is 11.4. The van der Waals surface area contributed by atoms with E-state index in [2.05, 4.69) is 19.2 Å². The van der Waals surface area contributed by atoms with Gasteiger partial charge in [-0.1, -0.05) is 13.8 Å². The van der Waals surface area contributed by atoms with Crippen LogP contribution in [-0.2, 0) is 9.47 Å². The molecule has 3 nitrogen and oxygen atoms in total. The molecule has 0 aromatic rings. The molecule has 0 saturated carbocycles. The second-order valence-corrected chi connectivity index (χ2v) is 5.16. The molecule has 16 heavy (non-hydrogen) atoms. The van der Waals surface area contributed by atoms with Crippen LogP contribution in [0.3, 0.4) is 0 Å². The third kappa shape index (κ3) is 2.76. The van der Waals surface area contributed by atoms with E-state index in [4.69, 9.17) is 9.47 Å². The molecule has 0 aliphatic carbocycles. The molecule has 2 aliphatic rings. The molecular weight excluding hydrogens is 202 g/mol. The molecule has 2 saturated heterocycles. The summed E-state index contributed by atoms with van der Waals surface area (Å²) in [6.45, 7) is 7.21. The number of nitrogens with one attached hydrogen (secondary N) is 1. The molecule has 0 bridgehead atoms. The second kappa shape index (κ2) is 5.48. The lowest BCUT2D eigenvalue weighted by Gasteiger charge is -2.41. The maximum Gasteiger partial charge on any atom is 0.0692 e. The Bertz CT molecular complexity index is 210. The Balaban J connectivity index is 1.85. The van der Waals surface area contributed by atoms with E-state index >= 15 is 0 Å². The van der Waals surface area contributed by atoms with Gasteiger partial charge in [0.1, 0.15) is 0 Å². The van der Waals surface area contributed by atoms with Crippen LogP contribution in [0.4, 0.5) is 0 Å². The van der Waals surface area contributed by atoms with Crippen molar-refractivity contribution in [2.75, 3.05) is 19.8 Å². The van der Waals surface area contributed by atoms with E-state index in [0.29, 0.717) is 12.1 Å². The summed E-state index contributed by atoms with van der Waals surface area (Å²) in [5.41, 5.74) is 0.134. The lowest BCUT2D eigenvalue weighted by Crippen LogP contribution is -2.49. The number of ether oxygens (including phenoxy) is 2. The standard InChI is InChI=1S/C13H25NO2/c1-3-13(4-2)9-11(6-8-16-13)14-12-5-7-15-10-12/h11-12,14H,3-10H2,1-2H3. The van der Waals surface area contributed by atoms with Crippen LogP contribution >= 0.6 is 0 Å². The summed E-state index contributed by atoms with van der Waals surface area (Å²) >= 11 is 0. The van der Waals surface area contributed by atoms with E-state index in [1.54, 1.807) is 0 Å². The summed E-state index contributed by atoms with van der Waals surface area (Å²) in [4.78, 5) is 0. The summed E-state index contributed by atoms with van der Waals surface area (Å²) in [5, 5.41) is 3.74. The van der Waals surface area contributed by atoms with Crippen LogP contribution < -0.4 is 5.32 Å². The van der Waals surface area contributed by atoms with Crippen LogP contribution in [0.25, 0.3) is 0 Å². The molecule has 0 radical (unpaired) electrons. The van der Waals surface area contributed by atoms with Gasteiger partial charge in [-0.05, 0) is 32.1 Å². The van der Waals surface area contributed by atoms with Crippen molar-refractivity contribution in [1.82, 2.24) is 5.32 Å². The van der Waals surface area contributed by atoms with Crippen molar-refractivity contribution in [3.63, 3.8) is 0 Å². The van der Waals surface area contributed by atoms with Gasteiger partial charge in [-0.15, -0.1) is 0 Å². The first-order valence-electron chi connectivity index (χ1n) is 6.76. The molecule has 2 atom stereocenters. The zero-order valence-corrected chi connectivity index (χ0v) is 10.6. The average Bonchev–Trinajstić information content (AvgIpc) is 2.82. The molecule has 0 aromatic carbocycles. The first-order valence-corrected chi connectivity index (χ1v) is 6.76. The summed E-state index contributed by atoms with van der Waals surface area (Å²) < 4.78 is 11.4. The highest BCUT2D eigenvalue weighted by atomic mass is 16.5. The molecular formula is C13H25NO2. The van der Waals surface area contributed by atoms with Crippen LogP contribution in [-0.4, -0.2) is 37.5 Å². The third-order valence-corrected chi connectivity index (χ3v) is 4.18. The fourth-order valence-corrected chi connectivity index (χ4v) is 2.91. The number of hydrogen-bond donors (Lipinski definition) is 1. The summed E-state index contributed by atoms with van der Waals surface area (Å²) in [6.07, 6.45) is 5.74. The Morgan fingerprint density at radius 3 is 2.50 bits per heavy atom. The first-order chi connectivity index (χ1) is 7.78. The van der Waals surface area contributed by atoms with Crippen molar-refractivity contribution in [2.45, 2.75) is 63.6 Å². The molecule has 0 aromatic heterocycles. The Morgan fingerprint density at radius 1 is 1.12 bits per heavy atom. The molecule has 2 aliphatic heterocycles. The molecule has 2 fully saturated rings. The van der Waals surface area contributed by atoms with Crippen molar-refractivity contribution >= 4 is 0 Å². The van der Waals surface area contributed by atoms with Crippen LogP contribution in [0, 0.1) is 0 Å². The van der Waals surface area contributed by atoms with Crippen molar-refractivity contribution in [3.8, 4) is 0 Å². The normalized spacial score (nSPS) is 34.1. The molecule has 2 heterocycles. The minimum atomic E-state index is 0.134. The second-order valence-electron chi connectivity index (χ2n) is 5.16. The van der Waals surface area contributed by atoms with Crippen molar-refractivity contribution in [1.29, 1.82) is 0 Å². The lowest BCUT2D eigenvalue weighted by atomic mass is 9.85. The predicted molar refractivity (Wildman–Crippen MR) is 64.6 cm³/mol. The fraction of sp³-hybridized carbons (Fsp3) is 1.00. The monoisotopic (exact) mass is 227 g/mol. The maximum atomic E-state index is 5.99. The lowest BCUT2D eigenvalue weighted by molar-refractivity contribution is -0.0941. The van der Waals surface area contributed by atoms with Gasteiger partial charge in [-0.2, -0.15) is 0 Å². The Kier molecular flexibility index (Phi) is 4.22. The smallest absolute Gasteiger partial charge is 0.0692 e. The van der Waals surface area contributed by atoms with E-state index in [1.165, 1.54) is 6.42 Å². The Hall–Kier alpha value is -0.120. The summed E-state index contributed by atoms with van der Waals surface area (Å²) in [6, 6.07) is 1.20. The topological polar surface area (TPSA) is 30.5 Å². The van der Waals surface area contributed by atoms with Crippen molar-refractivity contribution in [2.24, 2.45) is 0 Å². The number of hydrogen-bond acceptors (Lipinski definition) is 3. The van der Waals surface area contributed by atoms with Gasteiger partial charge in [0.25, 0.3) is 0 Å². The van der Waals surface area contributed by atoms with E-state index < -0.39 is 0 Å². The molecule has 0 spiro atoms. The molecule has 2 unspecified atom stereocenters. The van der Waals surface area contributed by atoms with Gasteiger partial charge in [0, 0.05) is 25.3 Å². The van der Waals surface area contributed by atoms with Crippen molar-refractivity contribution < 1.29 is 9.47 Å². The van der Waals surface area contributed by atoms with Gasteiger partial charge < -0.3 is 14.8 Å². The Labute approximate surface area is 98.9 Å². The Morgan fingerprint density at radius 2 is 1.88 bits per heavy atom.